The summed E-state index contributed by atoms with van der Waals surface area (Å²) >= 11 is 0. The first-order chi connectivity index (χ1) is 5.98. The highest BCUT2D eigenvalue weighted by atomic mass is 32.2. The van der Waals surface area contributed by atoms with Gasteiger partial charge in [-0.15, -0.1) is 0 Å². The molecule has 13 heavy (non-hydrogen) atoms. The lowest BCUT2D eigenvalue weighted by Crippen LogP contribution is -2.18. The summed E-state index contributed by atoms with van der Waals surface area (Å²) < 4.78 is 22.0. The van der Waals surface area contributed by atoms with E-state index in [1.54, 1.807) is 0 Å². The Morgan fingerprint density at radius 2 is 1.85 bits per heavy atom. The van der Waals surface area contributed by atoms with Gasteiger partial charge in [0.25, 0.3) is 0 Å². The summed E-state index contributed by atoms with van der Waals surface area (Å²) in [6, 6.07) is 0. The van der Waals surface area contributed by atoms with Crippen LogP contribution in [0.1, 0.15) is 32.6 Å². The van der Waals surface area contributed by atoms with Gasteiger partial charge in [-0.25, -0.2) is 8.42 Å². The molecule has 0 atom stereocenters. The van der Waals surface area contributed by atoms with Gasteiger partial charge in [-0.2, -0.15) is 0 Å². The molecule has 0 bridgehead atoms. The second-order valence-electron chi connectivity index (χ2n) is 3.05. The van der Waals surface area contributed by atoms with Crippen LogP contribution in [0.15, 0.2) is 0 Å². The lowest BCUT2D eigenvalue weighted by Gasteiger charge is -2.00. The third-order valence-corrected chi connectivity index (χ3v) is 3.25. The second kappa shape index (κ2) is 5.96. The number of carbonyl (C=O) groups is 1. The van der Waals surface area contributed by atoms with Gasteiger partial charge in [0.1, 0.15) is 5.75 Å². The third kappa shape index (κ3) is 7.77. The Labute approximate surface area is 78.9 Å². The van der Waals surface area contributed by atoms with Crippen molar-refractivity contribution in [1.82, 2.24) is 0 Å². The van der Waals surface area contributed by atoms with E-state index in [-0.39, 0.29) is 5.75 Å². The fourth-order valence-corrected chi connectivity index (χ4v) is 2.17. The largest absolute Gasteiger partial charge is 0.480 e. The van der Waals surface area contributed by atoms with Crippen molar-refractivity contribution in [3.8, 4) is 0 Å². The van der Waals surface area contributed by atoms with Crippen LogP contribution in [0.5, 0.6) is 0 Å². The second-order valence-corrected chi connectivity index (χ2v) is 5.23. The summed E-state index contributed by atoms with van der Waals surface area (Å²) in [6.45, 7) is 2.03. The zero-order valence-electron chi connectivity index (χ0n) is 7.82. The van der Waals surface area contributed by atoms with Crippen LogP contribution in [0.25, 0.3) is 0 Å². The van der Waals surface area contributed by atoms with Gasteiger partial charge in [0.2, 0.25) is 0 Å². The molecule has 1 N–H and O–H groups in total. The van der Waals surface area contributed by atoms with Crippen LogP contribution >= 0.6 is 0 Å². The molecule has 0 rings (SSSR count). The van der Waals surface area contributed by atoms with E-state index in [2.05, 4.69) is 0 Å². The molecule has 5 heteroatoms. The first-order valence-corrected chi connectivity index (χ1v) is 6.22. The third-order valence-electron chi connectivity index (χ3n) is 1.65. The minimum atomic E-state index is -3.36. The Kier molecular flexibility index (Phi) is 5.70. The quantitative estimate of drug-likeness (QED) is 0.635. The Bertz CT molecular complexity index is 243. The molecule has 0 aromatic rings. The van der Waals surface area contributed by atoms with E-state index < -0.39 is 21.6 Å². The first-order valence-electron chi connectivity index (χ1n) is 4.40. The molecule has 0 aromatic heterocycles. The van der Waals surface area contributed by atoms with Crippen LogP contribution in [0.2, 0.25) is 0 Å². The molecular weight excluding hydrogens is 192 g/mol. The average molecular weight is 208 g/mol. The van der Waals surface area contributed by atoms with Crippen molar-refractivity contribution in [3.05, 3.63) is 0 Å². The summed E-state index contributed by atoms with van der Waals surface area (Å²) in [5, 5.41) is 8.27. The minimum absolute atomic E-state index is 0.000694. The highest BCUT2D eigenvalue weighted by Crippen LogP contribution is 2.02. The molecule has 0 aliphatic rings. The van der Waals surface area contributed by atoms with Crippen molar-refractivity contribution in [1.29, 1.82) is 0 Å². The van der Waals surface area contributed by atoms with Gasteiger partial charge in [-0.05, 0) is 6.42 Å². The van der Waals surface area contributed by atoms with Gasteiger partial charge < -0.3 is 5.11 Å². The summed E-state index contributed by atoms with van der Waals surface area (Å²) in [6.07, 6.45) is 3.47. The number of rotatable bonds is 7. The van der Waals surface area contributed by atoms with Crippen LogP contribution in [-0.4, -0.2) is 31.0 Å². The summed E-state index contributed by atoms with van der Waals surface area (Å²) in [7, 11) is -3.36. The van der Waals surface area contributed by atoms with Crippen molar-refractivity contribution >= 4 is 15.8 Å². The van der Waals surface area contributed by atoms with Crippen molar-refractivity contribution in [2.75, 3.05) is 11.5 Å². The molecule has 0 unspecified atom stereocenters. The number of unbranched alkanes of at least 4 members (excludes halogenated alkanes) is 3. The van der Waals surface area contributed by atoms with E-state index in [4.69, 9.17) is 5.11 Å². The lowest BCUT2D eigenvalue weighted by molar-refractivity contribution is -0.134. The molecule has 0 aliphatic carbocycles. The molecule has 0 saturated heterocycles. The molecule has 0 radical (unpaired) electrons. The van der Waals surface area contributed by atoms with Crippen molar-refractivity contribution < 1.29 is 18.3 Å². The van der Waals surface area contributed by atoms with Crippen LogP contribution in [0.4, 0.5) is 0 Å². The fraction of sp³-hybridized carbons (Fsp3) is 0.875. The topological polar surface area (TPSA) is 71.4 Å². The van der Waals surface area contributed by atoms with Crippen LogP contribution in [-0.2, 0) is 14.6 Å². The average Bonchev–Trinajstić information content (AvgIpc) is 1.95. The van der Waals surface area contributed by atoms with Gasteiger partial charge in [0.05, 0.1) is 5.75 Å². The molecule has 4 nitrogen and oxygen atoms in total. The zero-order valence-corrected chi connectivity index (χ0v) is 8.64. The first kappa shape index (κ1) is 12.4. The predicted molar refractivity (Wildman–Crippen MR) is 50.4 cm³/mol. The van der Waals surface area contributed by atoms with Gasteiger partial charge in [-0.1, -0.05) is 26.2 Å². The highest BCUT2D eigenvalue weighted by molar-refractivity contribution is 7.92. The molecule has 0 saturated carbocycles. The van der Waals surface area contributed by atoms with Gasteiger partial charge in [0.15, 0.2) is 9.84 Å². The van der Waals surface area contributed by atoms with E-state index in [1.807, 2.05) is 6.92 Å². The van der Waals surface area contributed by atoms with Crippen molar-refractivity contribution in [2.45, 2.75) is 32.6 Å². The van der Waals surface area contributed by atoms with E-state index >= 15 is 0 Å². The van der Waals surface area contributed by atoms with Crippen molar-refractivity contribution in [3.63, 3.8) is 0 Å². The molecule has 0 heterocycles. The van der Waals surface area contributed by atoms with Gasteiger partial charge >= 0.3 is 5.97 Å². The van der Waals surface area contributed by atoms with E-state index in [0.29, 0.717) is 6.42 Å². The fourth-order valence-electron chi connectivity index (χ4n) is 1.01. The number of aliphatic carboxylic acids is 1. The summed E-state index contributed by atoms with van der Waals surface area (Å²) in [5.74, 6) is -2.01. The van der Waals surface area contributed by atoms with E-state index in [1.165, 1.54) is 0 Å². The maximum atomic E-state index is 11.0. The SMILES string of the molecule is CCCCCCS(=O)(=O)CC(=O)O. The molecule has 78 valence electrons. The minimum Gasteiger partial charge on any atom is -0.480 e. The Balaban J connectivity index is 3.71. The van der Waals surface area contributed by atoms with Crippen LogP contribution in [0, 0.1) is 0 Å². The molecule has 0 amide bonds. The number of sulfone groups is 1. The monoisotopic (exact) mass is 208 g/mol. The standard InChI is InChI=1S/C8H16O4S/c1-2-3-4-5-6-13(11,12)7-8(9)10/h2-7H2,1H3,(H,9,10). The zero-order chi connectivity index (χ0) is 10.3. The summed E-state index contributed by atoms with van der Waals surface area (Å²) in [4.78, 5) is 10.1. The van der Waals surface area contributed by atoms with Crippen LogP contribution in [0.3, 0.4) is 0 Å². The number of hydrogen-bond acceptors (Lipinski definition) is 3. The van der Waals surface area contributed by atoms with Gasteiger partial charge in [0, 0.05) is 0 Å². The Morgan fingerprint density at radius 1 is 1.23 bits per heavy atom. The van der Waals surface area contributed by atoms with E-state index in [0.717, 1.165) is 19.3 Å². The smallest absolute Gasteiger partial charge is 0.318 e. The molecular formula is C8H16O4S. The van der Waals surface area contributed by atoms with E-state index in [9.17, 15) is 13.2 Å². The summed E-state index contributed by atoms with van der Waals surface area (Å²) in [5.41, 5.74) is 0. The number of hydrogen-bond donors (Lipinski definition) is 1. The highest BCUT2D eigenvalue weighted by Gasteiger charge is 2.14. The maximum Gasteiger partial charge on any atom is 0.318 e. The molecule has 0 spiro atoms. The van der Waals surface area contributed by atoms with Crippen molar-refractivity contribution in [2.24, 2.45) is 0 Å². The maximum absolute atomic E-state index is 11.0. The molecule has 0 fully saturated rings. The predicted octanol–water partition coefficient (Wildman–Crippen LogP) is 1.07. The Hall–Kier alpha value is -0.580. The molecule has 0 aliphatic heterocycles. The Morgan fingerprint density at radius 3 is 2.31 bits per heavy atom. The van der Waals surface area contributed by atoms with Crippen LogP contribution < -0.4 is 0 Å². The van der Waals surface area contributed by atoms with Gasteiger partial charge in [-0.3, -0.25) is 4.79 Å². The normalized spacial score (nSPS) is 11.5. The molecule has 0 aromatic carbocycles. The number of carboxylic acids is 1. The number of carboxylic acid groups (broad SMARTS) is 1. The lowest BCUT2D eigenvalue weighted by atomic mass is 10.2.